The van der Waals surface area contributed by atoms with Gasteiger partial charge in [0.25, 0.3) is 0 Å². The first-order chi connectivity index (χ1) is 14.2. The van der Waals surface area contributed by atoms with Gasteiger partial charge < -0.3 is 10.0 Å². The Morgan fingerprint density at radius 3 is 1.79 bits per heavy atom. The van der Waals surface area contributed by atoms with Crippen molar-refractivity contribution >= 4 is 6.03 Å². The van der Waals surface area contributed by atoms with Gasteiger partial charge >= 0.3 is 6.03 Å². The lowest BCUT2D eigenvalue weighted by molar-refractivity contribution is -0.0230. The summed E-state index contributed by atoms with van der Waals surface area (Å²) in [7, 11) is 0. The maximum atomic E-state index is 13.5. The van der Waals surface area contributed by atoms with E-state index in [0.717, 1.165) is 11.1 Å². The molecule has 0 bridgehead atoms. The molecule has 0 saturated carbocycles. The summed E-state index contributed by atoms with van der Waals surface area (Å²) in [6.07, 6.45) is 0.494. The summed E-state index contributed by atoms with van der Waals surface area (Å²) in [5, 5.41) is 11.5. The molecule has 3 aromatic carbocycles. The van der Waals surface area contributed by atoms with E-state index in [9.17, 15) is 9.90 Å². The third-order valence-corrected chi connectivity index (χ3v) is 6.28. The molecule has 1 heterocycles. The summed E-state index contributed by atoms with van der Waals surface area (Å²) in [6, 6.07) is 28.1. The zero-order chi connectivity index (χ0) is 19.8. The minimum atomic E-state index is -0.855. The number of rotatable bonds is 4. The average molecular weight is 384 g/mol. The normalized spacial score (nSPS) is 19.8. The van der Waals surface area contributed by atoms with Crippen molar-refractivity contribution in [1.82, 2.24) is 9.80 Å². The summed E-state index contributed by atoms with van der Waals surface area (Å²) in [6.45, 7) is 0.903. The maximum absolute atomic E-state index is 13.5. The zero-order valence-corrected chi connectivity index (χ0v) is 16.2. The van der Waals surface area contributed by atoms with Crippen molar-refractivity contribution in [2.75, 3.05) is 0 Å². The zero-order valence-electron chi connectivity index (χ0n) is 16.2. The van der Waals surface area contributed by atoms with E-state index in [1.54, 1.807) is 4.90 Å². The molecule has 4 heteroatoms. The minimum absolute atomic E-state index is 0.0991. The molecular formula is C25H24N2O2. The van der Waals surface area contributed by atoms with Crippen molar-refractivity contribution in [2.45, 2.75) is 37.7 Å². The highest BCUT2D eigenvalue weighted by atomic mass is 16.3. The van der Waals surface area contributed by atoms with Crippen molar-refractivity contribution in [3.8, 4) is 0 Å². The molecule has 1 fully saturated rings. The molecule has 1 atom stereocenters. The Hall–Kier alpha value is -3.11. The van der Waals surface area contributed by atoms with E-state index in [4.69, 9.17) is 0 Å². The van der Waals surface area contributed by atoms with Gasteiger partial charge in [0.1, 0.15) is 0 Å². The van der Waals surface area contributed by atoms with Crippen LogP contribution >= 0.6 is 0 Å². The molecule has 0 aromatic heterocycles. The molecule has 1 unspecified atom stereocenters. The Balaban J connectivity index is 1.52. The molecule has 1 spiro atoms. The first-order valence-electron chi connectivity index (χ1n) is 10.1. The first-order valence-corrected chi connectivity index (χ1v) is 10.1. The van der Waals surface area contributed by atoms with E-state index in [1.807, 2.05) is 77.7 Å². The van der Waals surface area contributed by atoms with Crippen LogP contribution in [-0.2, 0) is 25.9 Å². The van der Waals surface area contributed by atoms with Gasteiger partial charge in [0.15, 0.2) is 6.23 Å². The van der Waals surface area contributed by atoms with Crippen LogP contribution in [0.5, 0.6) is 0 Å². The highest BCUT2D eigenvalue weighted by molar-refractivity contribution is 5.79. The van der Waals surface area contributed by atoms with E-state index >= 15 is 0 Å². The van der Waals surface area contributed by atoms with E-state index in [-0.39, 0.29) is 6.03 Å². The van der Waals surface area contributed by atoms with Crippen molar-refractivity contribution < 1.29 is 9.90 Å². The van der Waals surface area contributed by atoms with Crippen molar-refractivity contribution in [3.63, 3.8) is 0 Å². The highest BCUT2D eigenvalue weighted by Crippen LogP contribution is 2.44. The second-order valence-electron chi connectivity index (χ2n) is 8.07. The summed E-state index contributed by atoms with van der Waals surface area (Å²) < 4.78 is 0. The lowest BCUT2D eigenvalue weighted by Gasteiger charge is -2.36. The third kappa shape index (κ3) is 3.00. The largest absolute Gasteiger partial charge is 0.371 e. The number of amides is 2. The molecule has 2 amide bonds. The number of hydrogen-bond donors (Lipinski definition) is 1. The van der Waals surface area contributed by atoms with E-state index in [2.05, 4.69) is 12.1 Å². The SMILES string of the molecule is O=C1N(Cc2ccccc2)C(O)C2(Cc3ccccc3C2)N1Cc1ccccc1. The van der Waals surface area contributed by atoms with Crippen molar-refractivity contribution in [3.05, 3.63) is 107 Å². The van der Waals surface area contributed by atoms with E-state index in [1.165, 1.54) is 11.1 Å². The number of aliphatic hydroxyl groups excluding tert-OH is 1. The lowest BCUT2D eigenvalue weighted by Crippen LogP contribution is -2.52. The summed E-state index contributed by atoms with van der Waals surface area (Å²) in [4.78, 5) is 17.1. The average Bonchev–Trinajstić information content (AvgIpc) is 3.23. The Morgan fingerprint density at radius 2 is 1.24 bits per heavy atom. The monoisotopic (exact) mass is 384 g/mol. The van der Waals surface area contributed by atoms with Crippen LogP contribution in [0.2, 0.25) is 0 Å². The number of hydrogen-bond acceptors (Lipinski definition) is 2. The molecule has 1 N–H and O–H groups in total. The molecule has 5 rings (SSSR count). The second kappa shape index (κ2) is 7.05. The van der Waals surface area contributed by atoms with Gasteiger partial charge in [-0.2, -0.15) is 0 Å². The number of aliphatic hydroxyl groups is 1. The fourth-order valence-electron chi connectivity index (χ4n) is 4.80. The van der Waals surface area contributed by atoms with Gasteiger partial charge in [-0.15, -0.1) is 0 Å². The minimum Gasteiger partial charge on any atom is -0.371 e. The maximum Gasteiger partial charge on any atom is 0.323 e. The topological polar surface area (TPSA) is 43.8 Å². The Morgan fingerprint density at radius 1 is 0.759 bits per heavy atom. The molecule has 1 aliphatic carbocycles. The number of urea groups is 1. The Kier molecular flexibility index (Phi) is 4.36. The molecule has 1 saturated heterocycles. The van der Waals surface area contributed by atoms with Crippen LogP contribution in [0.3, 0.4) is 0 Å². The Bertz CT molecular complexity index is 994. The quantitative estimate of drug-likeness (QED) is 0.739. The highest BCUT2D eigenvalue weighted by Gasteiger charge is 2.58. The van der Waals surface area contributed by atoms with Gasteiger partial charge in [0.05, 0.1) is 12.1 Å². The van der Waals surface area contributed by atoms with Crippen LogP contribution in [-0.4, -0.2) is 32.7 Å². The van der Waals surface area contributed by atoms with Crippen molar-refractivity contribution in [1.29, 1.82) is 0 Å². The lowest BCUT2D eigenvalue weighted by atomic mass is 9.92. The van der Waals surface area contributed by atoms with Crippen LogP contribution in [0.25, 0.3) is 0 Å². The number of nitrogens with zero attached hydrogens (tertiary/aromatic N) is 2. The predicted octanol–water partition coefficient (Wildman–Crippen LogP) is 3.98. The molecule has 3 aromatic rings. The second-order valence-corrected chi connectivity index (χ2v) is 8.07. The Labute approximate surface area is 171 Å². The van der Waals surface area contributed by atoms with Gasteiger partial charge in [0, 0.05) is 19.4 Å². The number of carbonyl (C=O) groups excluding carboxylic acids is 1. The standard InChI is InChI=1S/C25H24N2O2/c28-23-25(15-21-13-7-8-14-22(21)16-25)27(18-20-11-5-2-6-12-20)24(29)26(23)17-19-9-3-1-4-10-19/h1-14,23,28H,15-18H2. The molecule has 29 heavy (non-hydrogen) atoms. The molecule has 146 valence electrons. The van der Waals surface area contributed by atoms with Crippen LogP contribution in [0.4, 0.5) is 4.79 Å². The molecule has 2 aliphatic rings. The van der Waals surface area contributed by atoms with Gasteiger partial charge in [-0.05, 0) is 22.3 Å². The van der Waals surface area contributed by atoms with E-state index < -0.39 is 11.8 Å². The number of carbonyl (C=O) groups is 1. The van der Waals surface area contributed by atoms with E-state index in [0.29, 0.717) is 25.9 Å². The van der Waals surface area contributed by atoms with Gasteiger partial charge in [0.2, 0.25) is 0 Å². The fourth-order valence-corrected chi connectivity index (χ4v) is 4.80. The van der Waals surface area contributed by atoms with Crippen molar-refractivity contribution in [2.24, 2.45) is 0 Å². The third-order valence-electron chi connectivity index (χ3n) is 6.28. The molecule has 1 aliphatic heterocycles. The fraction of sp³-hybridized carbons (Fsp3) is 0.240. The predicted molar refractivity (Wildman–Crippen MR) is 112 cm³/mol. The molecule has 0 radical (unpaired) electrons. The van der Waals surface area contributed by atoms with Gasteiger partial charge in [-0.1, -0.05) is 84.9 Å². The smallest absolute Gasteiger partial charge is 0.323 e. The summed E-state index contributed by atoms with van der Waals surface area (Å²) >= 11 is 0. The molecule has 4 nitrogen and oxygen atoms in total. The van der Waals surface area contributed by atoms with Crippen LogP contribution in [0.1, 0.15) is 22.3 Å². The molecular weight excluding hydrogens is 360 g/mol. The number of benzene rings is 3. The summed E-state index contributed by atoms with van der Waals surface area (Å²) in [5.74, 6) is 0. The van der Waals surface area contributed by atoms with Gasteiger partial charge in [-0.3, -0.25) is 4.90 Å². The van der Waals surface area contributed by atoms with Gasteiger partial charge in [-0.25, -0.2) is 4.79 Å². The van der Waals surface area contributed by atoms with Crippen LogP contribution < -0.4 is 0 Å². The first kappa shape index (κ1) is 18.0. The van der Waals surface area contributed by atoms with Crippen LogP contribution in [0.15, 0.2) is 84.9 Å². The van der Waals surface area contributed by atoms with Crippen LogP contribution in [0, 0.1) is 0 Å². The number of fused-ring (bicyclic) bond motifs is 1. The summed E-state index contributed by atoms with van der Waals surface area (Å²) in [5.41, 5.74) is 3.90.